The molecule has 0 aliphatic carbocycles. The van der Waals surface area contributed by atoms with Gasteiger partial charge in [0.2, 0.25) is 5.91 Å². The maximum Gasteiger partial charge on any atom is 0.329 e. The lowest BCUT2D eigenvalue weighted by atomic mass is 10.1. The number of carbonyl (C=O) groups is 2. The summed E-state index contributed by atoms with van der Waals surface area (Å²) in [4.78, 5) is 23.6. The molecule has 20 heavy (non-hydrogen) atoms. The summed E-state index contributed by atoms with van der Waals surface area (Å²) < 4.78 is 5.32. The summed E-state index contributed by atoms with van der Waals surface area (Å²) >= 11 is 5.47. The summed E-state index contributed by atoms with van der Waals surface area (Å²) in [5.41, 5.74) is 0.343. The molecule has 0 saturated heterocycles. The van der Waals surface area contributed by atoms with E-state index in [1.165, 1.54) is 0 Å². The van der Waals surface area contributed by atoms with Crippen molar-refractivity contribution in [2.45, 2.75) is 38.8 Å². The monoisotopic (exact) mass is 297 g/mol. The summed E-state index contributed by atoms with van der Waals surface area (Å²) in [6.45, 7) is 5.36. The molecule has 0 radical (unpaired) electrons. The van der Waals surface area contributed by atoms with Crippen LogP contribution in [-0.4, -0.2) is 29.4 Å². The molecule has 110 valence electrons. The van der Waals surface area contributed by atoms with E-state index < -0.39 is 23.5 Å². The number of amides is 1. The fourth-order valence-corrected chi connectivity index (χ4v) is 1.73. The number of hydrogen-bond acceptors (Lipinski definition) is 3. The van der Waals surface area contributed by atoms with Crippen LogP contribution in [0.2, 0.25) is 0 Å². The van der Waals surface area contributed by atoms with Gasteiger partial charge in [-0.25, -0.2) is 4.79 Å². The van der Waals surface area contributed by atoms with Crippen LogP contribution in [0.4, 0.5) is 0 Å². The fourth-order valence-electron chi connectivity index (χ4n) is 1.65. The second kappa shape index (κ2) is 7.29. The molecule has 1 aromatic carbocycles. The van der Waals surface area contributed by atoms with Crippen LogP contribution in [0, 0.1) is 0 Å². The average molecular weight is 298 g/mol. The van der Waals surface area contributed by atoms with Gasteiger partial charge in [-0.2, -0.15) is 0 Å². The summed E-state index contributed by atoms with van der Waals surface area (Å²) in [5.74, 6) is -1.04. The van der Waals surface area contributed by atoms with Gasteiger partial charge in [0.1, 0.15) is 17.5 Å². The molecule has 0 saturated carbocycles. The van der Waals surface area contributed by atoms with Gasteiger partial charge >= 0.3 is 5.97 Å². The van der Waals surface area contributed by atoms with E-state index in [0.29, 0.717) is 6.42 Å². The van der Waals surface area contributed by atoms with Crippen molar-refractivity contribution in [2.75, 3.05) is 5.88 Å². The minimum Gasteiger partial charge on any atom is -0.458 e. The highest BCUT2D eigenvalue weighted by molar-refractivity contribution is 6.27. The van der Waals surface area contributed by atoms with Crippen LogP contribution in [0.3, 0.4) is 0 Å². The van der Waals surface area contributed by atoms with Gasteiger partial charge in [0.05, 0.1) is 0 Å². The first-order valence-corrected chi connectivity index (χ1v) is 6.97. The minimum absolute atomic E-state index is 0.186. The van der Waals surface area contributed by atoms with E-state index in [1.54, 1.807) is 20.8 Å². The Morgan fingerprint density at radius 2 is 1.85 bits per heavy atom. The van der Waals surface area contributed by atoms with Crippen molar-refractivity contribution in [1.29, 1.82) is 0 Å². The van der Waals surface area contributed by atoms with Crippen LogP contribution in [-0.2, 0) is 20.7 Å². The van der Waals surface area contributed by atoms with Gasteiger partial charge in [0.25, 0.3) is 0 Å². The van der Waals surface area contributed by atoms with Crippen molar-refractivity contribution in [2.24, 2.45) is 0 Å². The minimum atomic E-state index is -0.733. The number of esters is 1. The van der Waals surface area contributed by atoms with Gasteiger partial charge < -0.3 is 10.1 Å². The van der Waals surface area contributed by atoms with Crippen LogP contribution in [0.25, 0.3) is 0 Å². The number of carbonyl (C=O) groups excluding carboxylic acids is 2. The molecule has 0 aliphatic heterocycles. The predicted octanol–water partition coefficient (Wildman–Crippen LogP) is 2.29. The van der Waals surface area contributed by atoms with Gasteiger partial charge in [-0.15, -0.1) is 11.6 Å². The molecule has 5 heteroatoms. The molecule has 0 bridgehead atoms. The van der Waals surface area contributed by atoms with E-state index in [0.717, 1.165) is 5.56 Å². The first-order valence-electron chi connectivity index (χ1n) is 6.44. The lowest BCUT2D eigenvalue weighted by Gasteiger charge is -2.24. The van der Waals surface area contributed by atoms with Crippen molar-refractivity contribution >= 4 is 23.5 Å². The van der Waals surface area contributed by atoms with Crippen molar-refractivity contribution in [1.82, 2.24) is 5.32 Å². The first kappa shape index (κ1) is 16.5. The molecule has 1 rings (SSSR count). The average Bonchev–Trinajstić information content (AvgIpc) is 2.37. The highest BCUT2D eigenvalue weighted by atomic mass is 35.5. The molecular formula is C15H20ClNO3. The Kier molecular flexibility index (Phi) is 6.02. The van der Waals surface area contributed by atoms with Crippen molar-refractivity contribution in [3.63, 3.8) is 0 Å². The topological polar surface area (TPSA) is 55.4 Å². The SMILES string of the molecule is CC(C)(C)OC(=O)C(Cc1ccccc1)NC(=O)CCl. The number of alkyl halides is 1. The van der Waals surface area contributed by atoms with Crippen LogP contribution in [0.5, 0.6) is 0 Å². The van der Waals surface area contributed by atoms with Crippen molar-refractivity contribution in [3.05, 3.63) is 35.9 Å². The fraction of sp³-hybridized carbons (Fsp3) is 0.467. The molecule has 0 aliphatic rings. The summed E-state index contributed by atoms with van der Waals surface area (Å²) in [6.07, 6.45) is 0.373. The molecule has 0 heterocycles. The third-order valence-corrected chi connectivity index (χ3v) is 2.67. The molecule has 4 nitrogen and oxygen atoms in total. The molecule has 0 fully saturated rings. The highest BCUT2D eigenvalue weighted by Gasteiger charge is 2.26. The zero-order valence-electron chi connectivity index (χ0n) is 12.0. The Balaban J connectivity index is 2.79. The molecule has 1 aromatic rings. The summed E-state index contributed by atoms with van der Waals surface area (Å²) in [6, 6.07) is 8.70. The summed E-state index contributed by atoms with van der Waals surface area (Å²) in [7, 11) is 0. The lowest BCUT2D eigenvalue weighted by molar-refractivity contribution is -0.158. The zero-order valence-corrected chi connectivity index (χ0v) is 12.7. The Morgan fingerprint density at radius 1 is 1.25 bits per heavy atom. The van der Waals surface area contributed by atoms with Gasteiger partial charge in [0, 0.05) is 6.42 Å². The van der Waals surface area contributed by atoms with Gasteiger partial charge in [-0.1, -0.05) is 30.3 Å². The normalized spacial score (nSPS) is 12.6. The van der Waals surface area contributed by atoms with E-state index in [1.807, 2.05) is 30.3 Å². The second-order valence-corrected chi connectivity index (χ2v) is 5.74. The molecule has 1 atom stereocenters. The zero-order chi connectivity index (χ0) is 15.2. The van der Waals surface area contributed by atoms with Crippen LogP contribution in [0.15, 0.2) is 30.3 Å². The van der Waals surface area contributed by atoms with E-state index >= 15 is 0 Å². The van der Waals surface area contributed by atoms with Crippen LogP contribution >= 0.6 is 11.6 Å². The second-order valence-electron chi connectivity index (χ2n) is 5.48. The van der Waals surface area contributed by atoms with Crippen LogP contribution in [0.1, 0.15) is 26.3 Å². The number of nitrogens with one attached hydrogen (secondary N) is 1. The van der Waals surface area contributed by atoms with E-state index in [-0.39, 0.29) is 5.88 Å². The number of benzene rings is 1. The molecule has 0 spiro atoms. The summed E-state index contributed by atoms with van der Waals surface area (Å²) in [5, 5.41) is 2.59. The lowest BCUT2D eigenvalue weighted by Crippen LogP contribution is -2.46. The maximum absolute atomic E-state index is 12.1. The first-order chi connectivity index (χ1) is 9.31. The number of rotatable bonds is 5. The Labute approximate surface area is 124 Å². The van der Waals surface area contributed by atoms with Crippen molar-refractivity contribution in [3.8, 4) is 0 Å². The van der Waals surface area contributed by atoms with Gasteiger partial charge in [0.15, 0.2) is 0 Å². The van der Waals surface area contributed by atoms with Crippen molar-refractivity contribution < 1.29 is 14.3 Å². The molecular weight excluding hydrogens is 278 g/mol. The number of hydrogen-bond donors (Lipinski definition) is 1. The van der Waals surface area contributed by atoms with Gasteiger partial charge in [-0.05, 0) is 26.3 Å². The largest absolute Gasteiger partial charge is 0.458 e. The quantitative estimate of drug-likeness (QED) is 0.670. The molecule has 0 aromatic heterocycles. The maximum atomic E-state index is 12.1. The Morgan fingerprint density at radius 3 is 2.35 bits per heavy atom. The standard InChI is InChI=1S/C15H20ClNO3/c1-15(2,3)20-14(19)12(17-13(18)10-16)9-11-7-5-4-6-8-11/h4-8,12H,9-10H2,1-3H3,(H,17,18). The van der Waals surface area contributed by atoms with Gasteiger partial charge in [-0.3, -0.25) is 4.79 Å². The molecule has 1 amide bonds. The third-order valence-electron chi connectivity index (χ3n) is 2.43. The smallest absolute Gasteiger partial charge is 0.329 e. The van der Waals surface area contributed by atoms with E-state index in [4.69, 9.17) is 16.3 Å². The van der Waals surface area contributed by atoms with E-state index in [2.05, 4.69) is 5.32 Å². The van der Waals surface area contributed by atoms with E-state index in [9.17, 15) is 9.59 Å². The Bertz CT molecular complexity index is 454. The molecule has 1 N–H and O–H groups in total. The highest BCUT2D eigenvalue weighted by Crippen LogP contribution is 2.11. The number of ether oxygens (including phenoxy) is 1. The Hall–Kier alpha value is -1.55. The number of halogens is 1. The third kappa shape index (κ3) is 6.06. The van der Waals surface area contributed by atoms with Crippen LogP contribution < -0.4 is 5.32 Å². The molecule has 1 unspecified atom stereocenters. The predicted molar refractivity (Wildman–Crippen MR) is 78.6 cm³/mol.